The molecule has 0 rings (SSSR count). The van der Waals surface area contributed by atoms with Crippen molar-refractivity contribution in [1.29, 1.82) is 0 Å². The number of nitrogens with one attached hydrogen (secondary N) is 1. The third-order valence-corrected chi connectivity index (χ3v) is 3.93. The number of carbonyl (C=O) groups excluding carboxylic acids is 1. The van der Waals surface area contributed by atoms with Crippen molar-refractivity contribution < 1.29 is 30.3 Å². The molecular formula is C15H31NO6. The molecule has 0 aliphatic rings. The van der Waals surface area contributed by atoms with Gasteiger partial charge in [-0.1, -0.05) is 39.0 Å². The molecule has 0 aromatic rings. The van der Waals surface area contributed by atoms with Gasteiger partial charge in [-0.2, -0.15) is 0 Å². The second kappa shape index (κ2) is 10.9. The molecule has 7 nitrogen and oxygen atoms in total. The number of unbranched alkanes of at least 4 members (excludes halogenated alkanes) is 5. The van der Waals surface area contributed by atoms with E-state index in [1.807, 2.05) is 0 Å². The van der Waals surface area contributed by atoms with Crippen molar-refractivity contribution in [3.63, 3.8) is 0 Å². The van der Waals surface area contributed by atoms with Crippen molar-refractivity contribution in [1.82, 2.24) is 5.32 Å². The minimum Gasteiger partial charge on any atom is -0.394 e. The lowest BCUT2D eigenvalue weighted by molar-refractivity contribution is -0.178. The topological polar surface area (TPSA) is 130 Å². The van der Waals surface area contributed by atoms with Gasteiger partial charge in [0.15, 0.2) is 5.60 Å². The molecule has 22 heavy (non-hydrogen) atoms. The summed E-state index contributed by atoms with van der Waals surface area (Å²) in [6.07, 6.45) is 0.231. The SMILES string of the molecule is CCCCCCCC[C@](O)(C(=O)NC)[C@@H](O)[C@H](O)[C@H](O)CO. The molecular weight excluding hydrogens is 290 g/mol. The van der Waals surface area contributed by atoms with E-state index in [1.165, 1.54) is 7.05 Å². The molecule has 0 saturated carbocycles. The minimum absolute atomic E-state index is 0.0326. The molecule has 0 saturated heterocycles. The van der Waals surface area contributed by atoms with Gasteiger partial charge in [-0.05, 0) is 12.8 Å². The predicted molar refractivity (Wildman–Crippen MR) is 82.1 cm³/mol. The standard InChI is InChI=1S/C15H31NO6/c1-3-4-5-6-7-8-9-15(22,14(21)16-2)13(20)12(19)11(18)10-17/h11-13,17-20,22H,3-10H2,1-2H3,(H,16,21)/t11-,12-,13+,15-/m1/s1. The van der Waals surface area contributed by atoms with Crippen molar-refractivity contribution in [3.8, 4) is 0 Å². The number of aliphatic hydroxyl groups is 5. The first kappa shape index (κ1) is 21.3. The van der Waals surface area contributed by atoms with Crippen LogP contribution in [-0.4, -0.2) is 69.0 Å². The molecule has 0 aliphatic carbocycles. The van der Waals surface area contributed by atoms with Crippen LogP contribution in [0.1, 0.15) is 51.9 Å². The quantitative estimate of drug-likeness (QED) is 0.263. The van der Waals surface area contributed by atoms with Gasteiger partial charge in [0.05, 0.1) is 6.61 Å². The van der Waals surface area contributed by atoms with Crippen LogP contribution in [0.25, 0.3) is 0 Å². The van der Waals surface area contributed by atoms with Crippen LogP contribution in [0.5, 0.6) is 0 Å². The Labute approximate surface area is 132 Å². The van der Waals surface area contributed by atoms with Gasteiger partial charge >= 0.3 is 0 Å². The summed E-state index contributed by atoms with van der Waals surface area (Å²) < 4.78 is 0. The number of likely N-dealkylation sites (N-methyl/N-ethyl adjacent to an activating group) is 1. The Kier molecular flexibility index (Phi) is 10.5. The second-order valence-corrected chi connectivity index (χ2v) is 5.71. The molecule has 0 fully saturated rings. The molecule has 1 amide bonds. The van der Waals surface area contributed by atoms with Crippen molar-refractivity contribution in [2.75, 3.05) is 13.7 Å². The number of rotatable bonds is 12. The summed E-state index contributed by atoms with van der Waals surface area (Å²) in [5, 5.41) is 50.7. The zero-order valence-electron chi connectivity index (χ0n) is 13.5. The fraction of sp³-hybridized carbons (Fsp3) is 0.933. The molecule has 132 valence electrons. The maximum absolute atomic E-state index is 11.9. The number of carbonyl (C=O) groups is 1. The van der Waals surface area contributed by atoms with E-state index in [1.54, 1.807) is 0 Å². The maximum atomic E-state index is 11.9. The second-order valence-electron chi connectivity index (χ2n) is 5.71. The first-order valence-corrected chi connectivity index (χ1v) is 7.94. The van der Waals surface area contributed by atoms with Crippen LogP contribution < -0.4 is 5.32 Å². The van der Waals surface area contributed by atoms with Gasteiger partial charge in [0.2, 0.25) is 0 Å². The van der Waals surface area contributed by atoms with E-state index < -0.39 is 36.4 Å². The van der Waals surface area contributed by atoms with E-state index in [0.29, 0.717) is 6.42 Å². The van der Waals surface area contributed by atoms with Crippen LogP contribution in [0, 0.1) is 0 Å². The third-order valence-electron chi connectivity index (χ3n) is 3.93. The summed E-state index contributed by atoms with van der Waals surface area (Å²) in [5.74, 6) is -0.822. The number of aliphatic hydroxyl groups excluding tert-OH is 4. The van der Waals surface area contributed by atoms with Gasteiger partial charge < -0.3 is 30.8 Å². The van der Waals surface area contributed by atoms with Gasteiger partial charge in [-0.25, -0.2) is 0 Å². The highest BCUT2D eigenvalue weighted by Crippen LogP contribution is 2.24. The van der Waals surface area contributed by atoms with E-state index in [-0.39, 0.29) is 6.42 Å². The van der Waals surface area contributed by atoms with Crippen LogP contribution in [0.15, 0.2) is 0 Å². The van der Waals surface area contributed by atoms with Crippen molar-refractivity contribution in [3.05, 3.63) is 0 Å². The molecule has 4 atom stereocenters. The highest BCUT2D eigenvalue weighted by Gasteiger charge is 2.47. The smallest absolute Gasteiger partial charge is 0.254 e. The van der Waals surface area contributed by atoms with Gasteiger partial charge in [0.1, 0.15) is 18.3 Å². The summed E-state index contributed by atoms with van der Waals surface area (Å²) in [5.41, 5.74) is -2.20. The highest BCUT2D eigenvalue weighted by molar-refractivity contribution is 5.85. The normalized spacial score (nSPS) is 18.3. The third kappa shape index (κ3) is 6.18. The summed E-state index contributed by atoms with van der Waals surface area (Å²) in [4.78, 5) is 11.9. The first-order chi connectivity index (χ1) is 10.3. The Bertz CT molecular complexity index is 314. The lowest BCUT2D eigenvalue weighted by atomic mass is 9.84. The van der Waals surface area contributed by atoms with Gasteiger partial charge in [0.25, 0.3) is 5.91 Å². The summed E-state index contributed by atoms with van der Waals surface area (Å²) >= 11 is 0. The van der Waals surface area contributed by atoms with Gasteiger partial charge in [0, 0.05) is 7.05 Å². The number of hydrogen-bond acceptors (Lipinski definition) is 6. The molecule has 7 heteroatoms. The van der Waals surface area contributed by atoms with Gasteiger partial charge in [-0.3, -0.25) is 4.79 Å². The van der Waals surface area contributed by atoms with Crippen LogP contribution in [0.4, 0.5) is 0 Å². The Morgan fingerprint density at radius 2 is 1.64 bits per heavy atom. The molecule has 0 unspecified atom stereocenters. The first-order valence-electron chi connectivity index (χ1n) is 7.94. The van der Waals surface area contributed by atoms with E-state index in [4.69, 9.17) is 5.11 Å². The van der Waals surface area contributed by atoms with E-state index in [0.717, 1.165) is 32.1 Å². The molecule has 0 aromatic carbocycles. The molecule has 0 aliphatic heterocycles. The van der Waals surface area contributed by atoms with Crippen LogP contribution in [0.2, 0.25) is 0 Å². The fourth-order valence-electron chi connectivity index (χ4n) is 2.39. The zero-order valence-corrected chi connectivity index (χ0v) is 13.5. The van der Waals surface area contributed by atoms with Crippen molar-refractivity contribution in [2.45, 2.75) is 75.8 Å². The average molecular weight is 321 g/mol. The Balaban J connectivity index is 4.68. The molecule has 0 aromatic heterocycles. The van der Waals surface area contributed by atoms with Crippen molar-refractivity contribution >= 4 is 5.91 Å². The molecule has 6 N–H and O–H groups in total. The highest BCUT2D eigenvalue weighted by atomic mass is 16.4. The van der Waals surface area contributed by atoms with Crippen LogP contribution >= 0.6 is 0 Å². The molecule has 0 radical (unpaired) electrons. The Morgan fingerprint density at radius 3 is 2.14 bits per heavy atom. The summed E-state index contributed by atoms with van der Waals surface area (Å²) in [7, 11) is 1.32. The predicted octanol–water partition coefficient (Wildman–Crippen LogP) is -0.711. The monoisotopic (exact) mass is 321 g/mol. The van der Waals surface area contributed by atoms with Crippen LogP contribution in [0.3, 0.4) is 0 Å². The average Bonchev–Trinajstić information content (AvgIpc) is 2.54. The summed E-state index contributed by atoms with van der Waals surface area (Å²) in [6, 6.07) is 0. The Morgan fingerprint density at radius 1 is 1.09 bits per heavy atom. The zero-order chi connectivity index (χ0) is 17.2. The number of amides is 1. The molecule has 0 heterocycles. The van der Waals surface area contributed by atoms with E-state index in [2.05, 4.69) is 12.2 Å². The van der Waals surface area contributed by atoms with Gasteiger partial charge in [-0.15, -0.1) is 0 Å². The molecule has 0 bridgehead atoms. The number of hydrogen-bond donors (Lipinski definition) is 6. The fourth-order valence-corrected chi connectivity index (χ4v) is 2.39. The largest absolute Gasteiger partial charge is 0.394 e. The molecule has 0 spiro atoms. The summed E-state index contributed by atoms with van der Waals surface area (Å²) in [6.45, 7) is 1.33. The minimum atomic E-state index is -2.20. The lowest BCUT2D eigenvalue weighted by Crippen LogP contribution is -2.60. The van der Waals surface area contributed by atoms with E-state index >= 15 is 0 Å². The maximum Gasteiger partial charge on any atom is 0.254 e. The van der Waals surface area contributed by atoms with E-state index in [9.17, 15) is 25.2 Å². The van der Waals surface area contributed by atoms with Crippen LogP contribution in [-0.2, 0) is 4.79 Å². The Hall–Kier alpha value is -0.730. The lowest BCUT2D eigenvalue weighted by Gasteiger charge is -2.35. The van der Waals surface area contributed by atoms with Crippen molar-refractivity contribution in [2.24, 2.45) is 0 Å².